The van der Waals surface area contributed by atoms with Crippen LogP contribution in [0.1, 0.15) is 10.4 Å². The van der Waals surface area contributed by atoms with Gasteiger partial charge in [0.25, 0.3) is 5.91 Å². The van der Waals surface area contributed by atoms with Crippen LogP contribution >= 0.6 is 0 Å². The summed E-state index contributed by atoms with van der Waals surface area (Å²) in [5, 5.41) is 5.01. The third-order valence-corrected chi connectivity index (χ3v) is 2.46. The number of aromatic nitrogens is 1. The van der Waals surface area contributed by atoms with Crippen molar-refractivity contribution in [2.45, 2.75) is 0 Å². The van der Waals surface area contributed by atoms with E-state index in [1.54, 1.807) is 24.5 Å². The van der Waals surface area contributed by atoms with Crippen molar-refractivity contribution in [2.24, 2.45) is 0 Å². The molecule has 1 aromatic heterocycles. The van der Waals surface area contributed by atoms with Crippen LogP contribution < -0.4 is 10.6 Å². The minimum atomic E-state index is -0.505. The van der Waals surface area contributed by atoms with E-state index < -0.39 is 11.7 Å². The number of carbonyl (C=O) groups is 2. The molecule has 0 saturated carbocycles. The molecule has 0 aliphatic heterocycles. The van der Waals surface area contributed by atoms with E-state index in [4.69, 9.17) is 0 Å². The van der Waals surface area contributed by atoms with Crippen LogP contribution in [-0.4, -0.2) is 23.3 Å². The summed E-state index contributed by atoms with van der Waals surface area (Å²) in [6.45, 7) is -0.197. The molecule has 2 rings (SSSR count). The van der Waals surface area contributed by atoms with Gasteiger partial charge in [-0.3, -0.25) is 14.6 Å². The smallest absolute Gasteiger partial charge is 0.251 e. The molecule has 0 atom stereocenters. The number of nitrogens with one attached hydrogen (secondary N) is 2. The average Bonchev–Trinajstić information content (AvgIpc) is 2.46. The highest BCUT2D eigenvalue weighted by molar-refractivity contribution is 5.99. The Hall–Kier alpha value is -2.76. The summed E-state index contributed by atoms with van der Waals surface area (Å²) >= 11 is 0. The molecular formula is C14H12FN3O2. The Kier molecular flexibility index (Phi) is 4.39. The number of amides is 2. The zero-order chi connectivity index (χ0) is 14.4. The summed E-state index contributed by atoms with van der Waals surface area (Å²) in [5.74, 6) is -1.38. The lowest BCUT2D eigenvalue weighted by Gasteiger charge is -2.06. The van der Waals surface area contributed by atoms with Crippen LogP contribution in [0.4, 0.5) is 10.1 Å². The molecule has 2 aromatic rings. The summed E-state index contributed by atoms with van der Waals surface area (Å²) in [5.41, 5.74) is 0.756. The molecular weight excluding hydrogens is 261 g/mol. The molecule has 102 valence electrons. The number of halogens is 1. The number of hydrogen-bond acceptors (Lipinski definition) is 3. The number of hydrogen-bond donors (Lipinski definition) is 2. The molecule has 0 spiro atoms. The quantitative estimate of drug-likeness (QED) is 0.888. The van der Waals surface area contributed by atoms with Gasteiger partial charge in [0.05, 0.1) is 6.54 Å². The van der Waals surface area contributed by atoms with Crippen molar-refractivity contribution < 1.29 is 14.0 Å². The first-order valence-electron chi connectivity index (χ1n) is 5.89. The van der Waals surface area contributed by atoms with Gasteiger partial charge in [-0.1, -0.05) is 6.07 Å². The zero-order valence-corrected chi connectivity index (χ0v) is 10.5. The summed E-state index contributed by atoms with van der Waals surface area (Å²) in [4.78, 5) is 27.1. The van der Waals surface area contributed by atoms with Crippen LogP contribution in [-0.2, 0) is 4.79 Å². The minimum absolute atomic E-state index is 0.168. The summed E-state index contributed by atoms with van der Waals surface area (Å²) in [6.07, 6.45) is 3.09. The summed E-state index contributed by atoms with van der Waals surface area (Å²) in [6, 6.07) is 8.52. The van der Waals surface area contributed by atoms with Gasteiger partial charge >= 0.3 is 0 Å². The summed E-state index contributed by atoms with van der Waals surface area (Å²) in [7, 11) is 0. The molecule has 20 heavy (non-hydrogen) atoms. The molecule has 2 N–H and O–H groups in total. The Balaban J connectivity index is 1.86. The van der Waals surface area contributed by atoms with Gasteiger partial charge < -0.3 is 10.6 Å². The lowest BCUT2D eigenvalue weighted by atomic mass is 10.2. The second-order valence-corrected chi connectivity index (χ2v) is 3.98. The number of carbonyl (C=O) groups excluding carboxylic acids is 2. The van der Waals surface area contributed by atoms with Gasteiger partial charge in [-0.2, -0.15) is 0 Å². The number of anilines is 1. The molecule has 0 radical (unpaired) electrons. The molecule has 0 aliphatic rings. The van der Waals surface area contributed by atoms with Crippen molar-refractivity contribution in [3.63, 3.8) is 0 Å². The molecule has 1 aromatic carbocycles. The summed E-state index contributed by atoms with van der Waals surface area (Å²) < 4.78 is 12.9. The normalized spacial score (nSPS) is 9.85. The first-order chi connectivity index (χ1) is 9.65. The van der Waals surface area contributed by atoms with Crippen LogP contribution in [0.2, 0.25) is 0 Å². The topological polar surface area (TPSA) is 71.1 Å². The third kappa shape index (κ3) is 3.88. The Bertz CT molecular complexity index is 617. The van der Waals surface area contributed by atoms with Gasteiger partial charge in [0.2, 0.25) is 5.91 Å². The molecule has 6 heteroatoms. The van der Waals surface area contributed by atoms with Crippen LogP contribution in [0.3, 0.4) is 0 Å². The maximum Gasteiger partial charge on any atom is 0.251 e. The lowest BCUT2D eigenvalue weighted by molar-refractivity contribution is -0.115. The van der Waals surface area contributed by atoms with E-state index in [2.05, 4.69) is 15.6 Å². The predicted molar refractivity (Wildman–Crippen MR) is 71.6 cm³/mol. The van der Waals surface area contributed by atoms with Gasteiger partial charge in [0, 0.05) is 23.6 Å². The molecule has 1 heterocycles. The maximum absolute atomic E-state index is 12.9. The van der Waals surface area contributed by atoms with Crippen LogP contribution in [0, 0.1) is 5.82 Å². The molecule has 0 saturated heterocycles. The molecule has 0 fully saturated rings. The van der Waals surface area contributed by atoms with E-state index >= 15 is 0 Å². The van der Waals surface area contributed by atoms with Gasteiger partial charge in [0.15, 0.2) is 0 Å². The number of rotatable bonds is 4. The highest BCUT2D eigenvalue weighted by Crippen LogP contribution is 2.04. The van der Waals surface area contributed by atoms with Crippen molar-refractivity contribution in [1.29, 1.82) is 0 Å². The molecule has 0 bridgehead atoms. The van der Waals surface area contributed by atoms with Crippen molar-refractivity contribution in [3.8, 4) is 0 Å². The van der Waals surface area contributed by atoms with Gasteiger partial charge in [-0.05, 0) is 30.3 Å². The standard InChI is InChI=1S/C14H12FN3O2/c15-11-3-1-2-10(8-11)14(20)17-9-13(19)18-12-4-6-16-7-5-12/h1-8H,9H2,(H,17,20)(H,16,18,19). The van der Waals surface area contributed by atoms with E-state index in [1.165, 1.54) is 18.2 Å². The first-order valence-corrected chi connectivity index (χ1v) is 5.89. The van der Waals surface area contributed by atoms with Crippen LogP contribution in [0.5, 0.6) is 0 Å². The van der Waals surface area contributed by atoms with E-state index in [9.17, 15) is 14.0 Å². The average molecular weight is 273 g/mol. The molecule has 5 nitrogen and oxygen atoms in total. The monoisotopic (exact) mass is 273 g/mol. The second-order valence-electron chi connectivity index (χ2n) is 3.98. The Morgan fingerprint density at radius 2 is 1.90 bits per heavy atom. The number of pyridine rings is 1. The molecule has 0 aliphatic carbocycles. The number of nitrogens with zero attached hydrogens (tertiary/aromatic N) is 1. The van der Waals surface area contributed by atoms with E-state index in [0.717, 1.165) is 6.07 Å². The zero-order valence-electron chi connectivity index (χ0n) is 10.5. The Morgan fingerprint density at radius 3 is 2.60 bits per heavy atom. The SMILES string of the molecule is O=C(CNC(=O)c1cccc(F)c1)Nc1ccncc1. The largest absolute Gasteiger partial charge is 0.343 e. The highest BCUT2D eigenvalue weighted by atomic mass is 19.1. The molecule has 0 unspecified atom stereocenters. The lowest BCUT2D eigenvalue weighted by Crippen LogP contribution is -2.32. The first kappa shape index (κ1) is 13.7. The van der Waals surface area contributed by atoms with Crippen molar-refractivity contribution in [1.82, 2.24) is 10.3 Å². The van der Waals surface area contributed by atoms with Gasteiger partial charge in [0.1, 0.15) is 5.82 Å². The fourth-order valence-corrected chi connectivity index (χ4v) is 1.53. The second kappa shape index (κ2) is 6.42. The van der Waals surface area contributed by atoms with E-state index in [0.29, 0.717) is 5.69 Å². The maximum atomic E-state index is 12.9. The minimum Gasteiger partial charge on any atom is -0.343 e. The van der Waals surface area contributed by atoms with Crippen molar-refractivity contribution in [2.75, 3.05) is 11.9 Å². The Morgan fingerprint density at radius 1 is 1.15 bits per heavy atom. The number of benzene rings is 1. The van der Waals surface area contributed by atoms with E-state index in [1.807, 2.05) is 0 Å². The van der Waals surface area contributed by atoms with Crippen molar-refractivity contribution in [3.05, 3.63) is 60.2 Å². The fraction of sp³-hybridized carbons (Fsp3) is 0.0714. The van der Waals surface area contributed by atoms with Crippen LogP contribution in [0.25, 0.3) is 0 Å². The van der Waals surface area contributed by atoms with Crippen molar-refractivity contribution >= 4 is 17.5 Å². The van der Waals surface area contributed by atoms with Gasteiger partial charge in [-0.25, -0.2) is 4.39 Å². The Labute approximate surface area is 114 Å². The predicted octanol–water partition coefficient (Wildman–Crippen LogP) is 1.59. The van der Waals surface area contributed by atoms with Gasteiger partial charge in [-0.15, -0.1) is 0 Å². The molecule has 2 amide bonds. The van der Waals surface area contributed by atoms with E-state index in [-0.39, 0.29) is 18.0 Å². The fourth-order valence-electron chi connectivity index (χ4n) is 1.53. The third-order valence-electron chi connectivity index (χ3n) is 2.46. The highest BCUT2D eigenvalue weighted by Gasteiger charge is 2.08. The van der Waals surface area contributed by atoms with Crippen LogP contribution in [0.15, 0.2) is 48.8 Å².